The van der Waals surface area contributed by atoms with E-state index in [4.69, 9.17) is 5.84 Å². The molecule has 1 aliphatic rings. The zero-order chi connectivity index (χ0) is 12.3. The first-order valence-corrected chi connectivity index (χ1v) is 7.13. The largest absolute Gasteiger partial charge is 0.354 e. The molecule has 0 radical (unpaired) electrons. The van der Waals surface area contributed by atoms with Crippen molar-refractivity contribution in [2.45, 2.75) is 37.4 Å². The Morgan fingerprint density at radius 1 is 1.47 bits per heavy atom. The number of hydrogen-bond donors (Lipinski definition) is 2. The summed E-state index contributed by atoms with van der Waals surface area (Å²) in [6.45, 7) is 3.31. The van der Waals surface area contributed by atoms with Crippen LogP contribution in [0.1, 0.15) is 26.2 Å². The molecule has 3 N–H and O–H groups in total. The van der Waals surface area contributed by atoms with Gasteiger partial charge in [0.25, 0.3) is 0 Å². The Labute approximate surface area is 106 Å². The summed E-state index contributed by atoms with van der Waals surface area (Å²) in [5.74, 6) is 7.09. The van der Waals surface area contributed by atoms with Crippen LogP contribution in [0, 0.1) is 0 Å². The van der Waals surface area contributed by atoms with Crippen LogP contribution in [0.15, 0.2) is 11.2 Å². The zero-order valence-electron chi connectivity index (χ0n) is 10.3. The summed E-state index contributed by atoms with van der Waals surface area (Å²) in [5, 5.41) is 0.758. The van der Waals surface area contributed by atoms with E-state index in [1.807, 2.05) is 12.3 Å². The molecule has 6 heteroatoms. The smallest absolute Gasteiger partial charge is 0.191 e. The Kier molecular flexibility index (Phi) is 4.06. The van der Waals surface area contributed by atoms with Crippen molar-refractivity contribution in [2.75, 3.05) is 23.1 Å². The molecule has 5 nitrogen and oxygen atoms in total. The molecular weight excluding hydrogens is 234 g/mol. The second-order valence-corrected chi connectivity index (χ2v) is 5.05. The van der Waals surface area contributed by atoms with E-state index < -0.39 is 0 Å². The molecule has 1 unspecified atom stereocenters. The van der Waals surface area contributed by atoms with E-state index >= 15 is 0 Å². The van der Waals surface area contributed by atoms with Crippen molar-refractivity contribution in [3.63, 3.8) is 0 Å². The Balaban J connectivity index is 2.29. The number of aromatic nitrogens is 2. The third-order valence-electron chi connectivity index (χ3n) is 3.12. The minimum atomic E-state index is 0.541. The molecule has 0 bridgehead atoms. The Morgan fingerprint density at radius 3 is 2.94 bits per heavy atom. The molecule has 1 fully saturated rings. The summed E-state index contributed by atoms with van der Waals surface area (Å²) < 4.78 is 0. The Morgan fingerprint density at radius 2 is 2.29 bits per heavy atom. The van der Waals surface area contributed by atoms with Crippen LogP contribution in [0.4, 0.5) is 11.6 Å². The molecule has 0 aliphatic carbocycles. The number of nitrogen functional groups attached to an aromatic ring is 1. The molecule has 94 valence electrons. The number of rotatable bonds is 3. The standard InChI is InChI=1S/C11H19N5S/c1-8-5-3-4-6-16(8)10-7-9(15-12)13-11(14-10)17-2/h7-8H,3-6,12H2,1-2H3,(H,13,14,15). The fourth-order valence-electron chi connectivity index (χ4n) is 2.16. The monoisotopic (exact) mass is 253 g/mol. The number of hydrazine groups is 1. The maximum atomic E-state index is 5.44. The average molecular weight is 253 g/mol. The van der Waals surface area contributed by atoms with Gasteiger partial charge in [0.2, 0.25) is 0 Å². The van der Waals surface area contributed by atoms with Crippen molar-refractivity contribution < 1.29 is 0 Å². The van der Waals surface area contributed by atoms with Crippen LogP contribution in [0.5, 0.6) is 0 Å². The first kappa shape index (κ1) is 12.4. The molecule has 2 heterocycles. The van der Waals surface area contributed by atoms with Gasteiger partial charge in [-0.2, -0.15) is 0 Å². The van der Waals surface area contributed by atoms with Crippen LogP contribution in [0.3, 0.4) is 0 Å². The molecule has 1 aromatic heterocycles. The first-order valence-electron chi connectivity index (χ1n) is 5.91. The lowest BCUT2D eigenvalue weighted by atomic mass is 10.0. The second kappa shape index (κ2) is 5.55. The van der Waals surface area contributed by atoms with Crippen LogP contribution in [-0.4, -0.2) is 28.8 Å². The van der Waals surface area contributed by atoms with E-state index in [0.29, 0.717) is 11.9 Å². The van der Waals surface area contributed by atoms with E-state index in [0.717, 1.165) is 17.5 Å². The lowest BCUT2D eigenvalue weighted by Crippen LogP contribution is -2.38. The average Bonchev–Trinajstić information content (AvgIpc) is 2.38. The number of nitrogens with zero attached hydrogens (tertiary/aromatic N) is 3. The lowest BCUT2D eigenvalue weighted by Gasteiger charge is -2.34. The van der Waals surface area contributed by atoms with E-state index in [1.54, 1.807) is 0 Å². The first-order chi connectivity index (χ1) is 8.24. The van der Waals surface area contributed by atoms with Crippen molar-refractivity contribution in [3.8, 4) is 0 Å². The van der Waals surface area contributed by atoms with Gasteiger partial charge in [-0.15, -0.1) is 0 Å². The summed E-state index contributed by atoms with van der Waals surface area (Å²) in [7, 11) is 0. The highest BCUT2D eigenvalue weighted by atomic mass is 32.2. The quantitative estimate of drug-likeness (QED) is 0.371. The highest BCUT2D eigenvalue weighted by Gasteiger charge is 2.20. The number of anilines is 2. The molecule has 1 saturated heterocycles. The fraction of sp³-hybridized carbons (Fsp3) is 0.636. The normalized spacial score (nSPS) is 20.4. The van der Waals surface area contributed by atoms with Crippen molar-refractivity contribution in [1.29, 1.82) is 0 Å². The van der Waals surface area contributed by atoms with Gasteiger partial charge in [0.05, 0.1) is 0 Å². The van der Waals surface area contributed by atoms with Gasteiger partial charge in [-0.25, -0.2) is 15.8 Å². The van der Waals surface area contributed by atoms with Gasteiger partial charge in [-0.3, -0.25) is 0 Å². The van der Waals surface area contributed by atoms with Crippen molar-refractivity contribution in [1.82, 2.24) is 9.97 Å². The maximum Gasteiger partial charge on any atom is 0.191 e. The molecule has 1 aromatic rings. The second-order valence-electron chi connectivity index (χ2n) is 4.28. The maximum absolute atomic E-state index is 5.44. The van der Waals surface area contributed by atoms with Gasteiger partial charge in [0, 0.05) is 18.7 Å². The van der Waals surface area contributed by atoms with Gasteiger partial charge in [0.15, 0.2) is 5.16 Å². The lowest BCUT2D eigenvalue weighted by molar-refractivity contribution is 0.480. The topological polar surface area (TPSA) is 67.1 Å². The Bertz CT molecular complexity index is 362. The molecule has 2 rings (SSSR count). The van der Waals surface area contributed by atoms with Crippen molar-refractivity contribution >= 4 is 23.4 Å². The summed E-state index contributed by atoms with van der Waals surface area (Å²) in [6, 6.07) is 2.46. The van der Waals surface area contributed by atoms with Crippen LogP contribution in [0.2, 0.25) is 0 Å². The predicted molar refractivity (Wildman–Crippen MR) is 72.3 cm³/mol. The van der Waals surface area contributed by atoms with Crippen LogP contribution >= 0.6 is 11.8 Å². The zero-order valence-corrected chi connectivity index (χ0v) is 11.1. The predicted octanol–water partition coefficient (Wildman–Crippen LogP) is 1.86. The van der Waals surface area contributed by atoms with Gasteiger partial charge in [-0.1, -0.05) is 11.8 Å². The molecular formula is C11H19N5S. The minimum Gasteiger partial charge on any atom is -0.354 e. The molecule has 1 atom stereocenters. The fourth-order valence-corrected chi connectivity index (χ4v) is 2.54. The highest BCUT2D eigenvalue weighted by Crippen LogP contribution is 2.26. The minimum absolute atomic E-state index is 0.541. The van der Waals surface area contributed by atoms with Crippen molar-refractivity contribution in [2.24, 2.45) is 5.84 Å². The van der Waals surface area contributed by atoms with Gasteiger partial charge < -0.3 is 10.3 Å². The summed E-state index contributed by atoms with van der Waals surface area (Å²) in [5.41, 5.74) is 2.60. The van der Waals surface area contributed by atoms with Crippen LogP contribution in [0.25, 0.3) is 0 Å². The van der Waals surface area contributed by atoms with E-state index in [9.17, 15) is 0 Å². The molecule has 17 heavy (non-hydrogen) atoms. The van der Waals surface area contributed by atoms with Gasteiger partial charge in [-0.05, 0) is 32.4 Å². The third-order valence-corrected chi connectivity index (χ3v) is 3.67. The third kappa shape index (κ3) is 2.81. The van der Waals surface area contributed by atoms with E-state index in [2.05, 4.69) is 27.2 Å². The van der Waals surface area contributed by atoms with E-state index in [-0.39, 0.29) is 0 Å². The summed E-state index contributed by atoms with van der Waals surface area (Å²) >= 11 is 1.53. The molecule has 0 aromatic carbocycles. The molecule has 0 spiro atoms. The molecule has 0 amide bonds. The summed E-state index contributed by atoms with van der Waals surface area (Å²) in [6.07, 6.45) is 5.73. The molecule has 0 saturated carbocycles. The molecule has 1 aliphatic heterocycles. The SMILES string of the molecule is CSc1nc(NN)cc(N2CCCCC2C)n1. The number of nitrogens with one attached hydrogen (secondary N) is 1. The van der Waals surface area contributed by atoms with Crippen LogP contribution in [-0.2, 0) is 0 Å². The summed E-state index contributed by atoms with van der Waals surface area (Å²) in [4.78, 5) is 11.2. The highest BCUT2D eigenvalue weighted by molar-refractivity contribution is 7.98. The van der Waals surface area contributed by atoms with Gasteiger partial charge in [0.1, 0.15) is 11.6 Å². The van der Waals surface area contributed by atoms with Crippen molar-refractivity contribution in [3.05, 3.63) is 6.07 Å². The van der Waals surface area contributed by atoms with E-state index in [1.165, 1.54) is 31.0 Å². The Hall–Kier alpha value is -1.01. The number of hydrogen-bond acceptors (Lipinski definition) is 6. The number of piperidine rings is 1. The number of thioether (sulfide) groups is 1. The number of nitrogens with two attached hydrogens (primary N) is 1. The van der Waals surface area contributed by atoms with Crippen LogP contribution < -0.4 is 16.2 Å². The van der Waals surface area contributed by atoms with Gasteiger partial charge >= 0.3 is 0 Å².